The number of nitrogens with zero attached hydrogens (tertiary/aromatic N) is 2. The number of aromatic nitrogens is 2. The molecule has 4 nitrogen and oxygen atoms in total. The van der Waals surface area contributed by atoms with Gasteiger partial charge in [0.25, 0.3) is 5.56 Å². The fourth-order valence-electron chi connectivity index (χ4n) is 3.01. The van der Waals surface area contributed by atoms with E-state index >= 15 is 0 Å². The SMILES string of the molecule is Cc1ccc(-n2c(SCC(=O)c3ccc(F)cc3)nc3ccccc3c2=O)cc1Cl. The average molecular weight is 439 g/mol. The van der Waals surface area contributed by atoms with Crippen LogP contribution in [0.15, 0.2) is 76.7 Å². The highest BCUT2D eigenvalue weighted by atomic mass is 35.5. The van der Waals surface area contributed by atoms with Crippen molar-refractivity contribution in [2.45, 2.75) is 12.1 Å². The molecule has 150 valence electrons. The minimum atomic E-state index is -0.402. The van der Waals surface area contributed by atoms with Gasteiger partial charge in [0.2, 0.25) is 0 Å². The Bertz CT molecular complexity index is 1320. The number of para-hydroxylation sites is 1. The van der Waals surface area contributed by atoms with Crippen LogP contribution in [-0.2, 0) is 0 Å². The molecule has 4 aromatic rings. The lowest BCUT2D eigenvalue weighted by molar-refractivity contribution is 0.102. The van der Waals surface area contributed by atoms with E-state index in [4.69, 9.17) is 11.6 Å². The first-order valence-corrected chi connectivity index (χ1v) is 10.5. The van der Waals surface area contributed by atoms with E-state index in [9.17, 15) is 14.0 Å². The predicted octanol–water partition coefficient (Wildman–Crippen LogP) is 5.46. The predicted molar refractivity (Wildman–Crippen MR) is 119 cm³/mol. The Morgan fingerprint density at radius 2 is 1.83 bits per heavy atom. The Labute approximate surface area is 181 Å². The number of carbonyl (C=O) groups is 1. The zero-order valence-electron chi connectivity index (χ0n) is 15.9. The van der Waals surface area contributed by atoms with Gasteiger partial charge >= 0.3 is 0 Å². The lowest BCUT2D eigenvalue weighted by Gasteiger charge is -2.14. The average Bonchev–Trinajstić information content (AvgIpc) is 2.75. The van der Waals surface area contributed by atoms with Crippen molar-refractivity contribution in [3.8, 4) is 5.69 Å². The van der Waals surface area contributed by atoms with Gasteiger partial charge in [-0.05, 0) is 61.0 Å². The van der Waals surface area contributed by atoms with Crippen LogP contribution in [0.2, 0.25) is 5.02 Å². The molecule has 0 atom stereocenters. The summed E-state index contributed by atoms with van der Waals surface area (Å²) in [4.78, 5) is 30.4. The first kappa shape index (κ1) is 20.3. The summed E-state index contributed by atoms with van der Waals surface area (Å²) in [5, 5.41) is 1.39. The molecule has 0 radical (unpaired) electrons. The number of benzene rings is 3. The molecular formula is C23H16ClFN2O2S. The van der Waals surface area contributed by atoms with E-state index in [-0.39, 0.29) is 17.1 Å². The number of ketones is 1. The molecule has 0 N–H and O–H groups in total. The van der Waals surface area contributed by atoms with Gasteiger partial charge in [-0.15, -0.1) is 0 Å². The topological polar surface area (TPSA) is 52.0 Å². The highest BCUT2D eigenvalue weighted by Crippen LogP contribution is 2.25. The smallest absolute Gasteiger partial charge is 0.266 e. The van der Waals surface area contributed by atoms with E-state index in [0.717, 1.165) is 17.3 Å². The molecule has 4 rings (SSSR count). The number of rotatable bonds is 5. The Morgan fingerprint density at radius 1 is 1.10 bits per heavy atom. The molecule has 0 saturated carbocycles. The molecule has 0 bridgehead atoms. The Balaban J connectivity index is 1.77. The molecule has 0 aliphatic carbocycles. The summed E-state index contributed by atoms with van der Waals surface area (Å²) in [6.07, 6.45) is 0. The molecule has 1 aromatic heterocycles. The van der Waals surface area contributed by atoms with Crippen LogP contribution >= 0.6 is 23.4 Å². The molecular weight excluding hydrogens is 423 g/mol. The monoisotopic (exact) mass is 438 g/mol. The summed E-state index contributed by atoms with van der Waals surface area (Å²) in [6, 6.07) is 17.8. The van der Waals surface area contributed by atoms with Gasteiger partial charge in [0.1, 0.15) is 5.82 Å². The Hall–Kier alpha value is -2.96. The fraction of sp³-hybridized carbons (Fsp3) is 0.0870. The van der Waals surface area contributed by atoms with E-state index in [1.54, 1.807) is 36.4 Å². The van der Waals surface area contributed by atoms with Crippen molar-refractivity contribution in [3.05, 3.63) is 99.1 Å². The minimum Gasteiger partial charge on any atom is -0.293 e. The maximum atomic E-state index is 13.2. The van der Waals surface area contributed by atoms with Crippen molar-refractivity contribution >= 4 is 40.0 Å². The minimum absolute atomic E-state index is 0.0516. The summed E-state index contributed by atoms with van der Waals surface area (Å²) < 4.78 is 14.6. The van der Waals surface area contributed by atoms with Crippen LogP contribution in [-0.4, -0.2) is 21.1 Å². The lowest BCUT2D eigenvalue weighted by atomic mass is 10.1. The lowest BCUT2D eigenvalue weighted by Crippen LogP contribution is -2.22. The van der Waals surface area contributed by atoms with Crippen LogP contribution in [0.1, 0.15) is 15.9 Å². The molecule has 0 spiro atoms. The van der Waals surface area contributed by atoms with Gasteiger partial charge in [-0.25, -0.2) is 9.37 Å². The van der Waals surface area contributed by atoms with E-state index in [2.05, 4.69) is 4.98 Å². The largest absolute Gasteiger partial charge is 0.293 e. The summed E-state index contributed by atoms with van der Waals surface area (Å²) in [6.45, 7) is 1.88. The summed E-state index contributed by atoms with van der Waals surface area (Å²) in [5.74, 6) is -0.535. The van der Waals surface area contributed by atoms with Crippen LogP contribution in [0.5, 0.6) is 0 Å². The Kier molecular flexibility index (Phi) is 5.70. The van der Waals surface area contributed by atoms with Gasteiger partial charge in [0.15, 0.2) is 10.9 Å². The molecule has 7 heteroatoms. The third-order valence-electron chi connectivity index (χ3n) is 4.66. The van der Waals surface area contributed by atoms with Crippen molar-refractivity contribution in [2.75, 3.05) is 5.75 Å². The van der Waals surface area contributed by atoms with Crippen LogP contribution < -0.4 is 5.56 Å². The quantitative estimate of drug-likeness (QED) is 0.236. The number of fused-ring (bicyclic) bond motifs is 1. The number of hydrogen-bond acceptors (Lipinski definition) is 4. The van der Waals surface area contributed by atoms with E-state index in [1.165, 1.54) is 28.8 Å². The molecule has 0 aliphatic heterocycles. The van der Waals surface area contributed by atoms with Gasteiger partial charge in [0.05, 0.1) is 22.3 Å². The molecule has 30 heavy (non-hydrogen) atoms. The first-order valence-electron chi connectivity index (χ1n) is 9.14. The van der Waals surface area contributed by atoms with Gasteiger partial charge in [-0.2, -0.15) is 0 Å². The fourth-order valence-corrected chi connectivity index (χ4v) is 4.09. The van der Waals surface area contributed by atoms with Crippen LogP contribution in [0.4, 0.5) is 4.39 Å². The standard InChI is InChI=1S/C23H16ClFN2O2S/c1-14-6-11-17(12-19(14)24)27-22(29)18-4-2-3-5-20(18)26-23(27)30-13-21(28)15-7-9-16(25)10-8-15/h2-12H,13H2,1H3. The van der Waals surface area contributed by atoms with E-state index in [0.29, 0.717) is 32.3 Å². The summed E-state index contributed by atoms with van der Waals surface area (Å²) in [7, 11) is 0. The highest BCUT2D eigenvalue weighted by Gasteiger charge is 2.16. The van der Waals surface area contributed by atoms with Gasteiger partial charge in [-0.3, -0.25) is 14.2 Å². The Morgan fingerprint density at radius 3 is 2.57 bits per heavy atom. The normalized spacial score (nSPS) is 11.0. The number of Topliss-reactive ketones (excluding diaryl/α,β-unsaturated/α-hetero) is 1. The second-order valence-electron chi connectivity index (χ2n) is 6.70. The van der Waals surface area contributed by atoms with E-state index in [1.807, 2.05) is 13.0 Å². The van der Waals surface area contributed by atoms with Crippen molar-refractivity contribution in [3.63, 3.8) is 0 Å². The van der Waals surface area contributed by atoms with Crippen LogP contribution in [0.25, 0.3) is 16.6 Å². The second-order valence-corrected chi connectivity index (χ2v) is 8.05. The zero-order chi connectivity index (χ0) is 21.3. The zero-order valence-corrected chi connectivity index (χ0v) is 17.5. The molecule has 0 saturated heterocycles. The highest BCUT2D eigenvalue weighted by molar-refractivity contribution is 7.99. The van der Waals surface area contributed by atoms with Crippen molar-refractivity contribution < 1.29 is 9.18 Å². The van der Waals surface area contributed by atoms with Crippen molar-refractivity contribution in [1.82, 2.24) is 9.55 Å². The first-order chi connectivity index (χ1) is 14.4. The molecule has 3 aromatic carbocycles. The molecule has 0 amide bonds. The summed E-state index contributed by atoms with van der Waals surface area (Å²) in [5.41, 5.74) is 2.18. The second kappa shape index (κ2) is 8.42. The molecule has 0 unspecified atom stereocenters. The van der Waals surface area contributed by atoms with Gasteiger partial charge in [-0.1, -0.05) is 41.6 Å². The molecule has 1 heterocycles. The van der Waals surface area contributed by atoms with Gasteiger partial charge < -0.3 is 0 Å². The van der Waals surface area contributed by atoms with Crippen molar-refractivity contribution in [1.29, 1.82) is 0 Å². The molecule has 0 aliphatic rings. The molecule has 0 fully saturated rings. The number of halogens is 2. The number of carbonyl (C=O) groups excluding carboxylic acids is 1. The van der Waals surface area contributed by atoms with Crippen LogP contribution in [0, 0.1) is 12.7 Å². The van der Waals surface area contributed by atoms with Crippen LogP contribution in [0.3, 0.4) is 0 Å². The van der Waals surface area contributed by atoms with Crippen molar-refractivity contribution in [2.24, 2.45) is 0 Å². The maximum Gasteiger partial charge on any atom is 0.266 e. The summed E-state index contributed by atoms with van der Waals surface area (Å²) >= 11 is 7.43. The third kappa shape index (κ3) is 4.01. The third-order valence-corrected chi connectivity index (χ3v) is 6.00. The number of thioether (sulfide) groups is 1. The van der Waals surface area contributed by atoms with Gasteiger partial charge in [0, 0.05) is 10.6 Å². The number of aryl methyl sites for hydroxylation is 1. The van der Waals surface area contributed by atoms with E-state index < -0.39 is 5.82 Å². The maximum absolute atomic E-state index is 13.2. The number of hydrogen-bond donors (Lipinski definition) is 0.